The molecular weight excluding hydrogens is 118 g/mol. The van der Waals surface area contributed by atoms with Crippen molar-refractivity contribution >= 4 is 8.56 Å². The van der Waals surface area contributed by atoms with E-state index < -0.39 is 8.56 Å². The molecule has 0 aliphatic rings. The molecule has 0 rings (SSSR count). The molecule has 4 heteroatoms. The van der Waals surface area contributed by atoms with E-state index in [0.29, 0.717) is 0 Å². The Kier molecular flexibility index (Phi) is 1.77. The summed E-state index contributed by atoms with van der Waals surface area (Å²) in [7, 11) is -2.80. The molecule has 0 fully saturated rings. The highest BCUT2D eigenvalue weighted by Crippen LogP contribution is 2.05. The molecule has 0 aromatic carbocycles. The molecule has 0 amide bonds. The summed E-state index contributed by atoms with van der Waals surface area (Å²) in [5.74, 6) is 0. The van der Waals surface area contributed by atoms with E-state index in [-0.39, 0.29) is 0 Å². The topological polar surface area (TPSA) is 13.1 Å². The van der Waals surface area contributed by atoms with Gasteiger partial charge in [-0.15, -0.1) is 0 Å². The normalized spacial score (nSPS) is 8.25. The highest BCUT2D eigenvalue weighted by atomic mass is 28.4. The fourth-order valence-electron chi connectivity index (χ4n) is 0.0750. The van der Waals surface area contributed by atoms with Crippen molar-refractivity contribution in [1.82, 2.24) is 0 Å². The van der Waals surface area contributed by atoms with Gasteiger partial charge in [0.2, 0.25) is 0 Å². The van der Waals surface area contributed by atoms with Gasteiger partial charge in [0.15, 0.2) is 6.55 Å². The number of rotatable bonds is 0. The van der Waals surface area contributed by atoms with Gasteiger partial charge in [0, 0.05) is 0 Å². The minimum absolute atomic E-state index is 1.43. The maximum atomic E-state index is 6.42. The van der Waals surface area contributed by atoms with E-state index in [1.807, 2.05) is 0 Å². The van der Waals surface area contributed by atoms with Gasteiger partial charge in [0.1, 0.15) is 0 Å². The second-order valence-electron chi connectivity index (χ2n) is 1.31. The lowest BCUT2D eigenvalue weighted by Gasteiger charge is -1.72. The van der Waals surface area contributed by atoms with Gasteiger partial charge >= 0.3 is 8.56 Å². The minimum atomic E-state index is -2.80. The molecule has 3 nitrogen and oxygen atoms in total. The molecule has 0 saturated heterocycles. The summed E-state index contributed by atoms with van der Waals surface area (Å²) in [5.41, 5.74) is 0. The van der Waals surface area contributed by atoms with Crippen LogP contribution in [-0.2, 0) is 0 Å². The second-order valence-corrected chi connectivity index (χ2v) is 3.92. The first-order valence-electron chi connectivity index (χ1n) is 1.84. The molecule has 0 N–H and O–H groups in total. The number of nitrogens with zero attached hydrogens (tertiary/aromatic N) is 3. The summed E-state index contributed by atoms with van der Waals surface area (Å²) in [6.07, 6.45) is 0. The molecule has 0 spiro atoms. The van der Waals surface area contributed by atoms with Crippen LogP contribution < -0.4 is 0 Å². The molecule has 0 bridgehead atoms. The minimum Gasteiger partial charge on any atom is -0.267 e. The SMILES string of the molecule is [C-]#[N+][Si](C)([N+]#[C-])[N+]#[C-]. The van der Waals surface area contributed by atoms with Crippen LogP contribution in [0.5, 0.6) is 0 Å². The van der Waals surface area contributed by atoms with Crippen molar-refractivity contribution in [2.45, 2.75) is 6.55 Å². The van der Waals surface area contributed by atoms with E-state index in [1.165, 1.54) is 6.55 Å². The molecule has 38 valence electrons. The predicted molar refractivity (Wildman–Crippen MR) is 31.4 cm³/mol. The molecule has 0 radical (unpaired) electrons. The van der Waals surface area contributed by atoms with Crippen LogP contribution in [0.25, 0.3) is 13.5 Å². The van der Waals surface area contributed by atoms with Crippen LogP contribution in [0, 0.1) is 19.7 Å². The largest absolute Gasteiger partial charge is 1.27 e. The Labute approximate surface area is 49.3 Å². The molecule has 0 unspecified atom stereocenters. The summed E-state index contributed by atoms with van der Waals surface area (Å²) in [4.78, 5) is 0. The van der Waals surface area contributed by atoms with Gasteiger partial charge in [-0.1, -0.05) is 0 Å². The van der Waals surface area contributed by atoms with E-state index in [2.05, 4.69) is 13.5 Å². The summed E-state index contributed by atoms with van der Waals surface area (Å²) >= 11 is 0. The van der Waals surface area contributed by atoms with Crippen molar-refractivity contribution in [3.63, 3.8) is 0 Å². The Hall–Kier alpha value is -1.31. The first-order chi connectivity index (χ1) is 3.68. The van der Waals surface area contributed by atoms with E-state index in [1.54, 1.807) is 0 Å². The average molecular weight is 121 g/mol. The zero-order valence-corrected chi connectivity index (χ0v) is 5.34. The molecule has 0 atom stereocenters. The predicted octanol–water partition coefficient (Wildman–Crippen LogP) is 1.31. The van der Waals surface area contributed by atoms with Crippen LogP contribution >= 0.6 is 0 Å². The Morgan fingerprint density at radius 2 is 1.25 bits per heavy atom. The molecule has 0 heterocycles. The molecule has 8 heavy (non-hydrogen) atoms. The van der Waals surface area contributed by atoms with Crippen LogP contribution in [-0.4, -0.2) is 8.56 Å². The van der Waals surface area contributed by atoms with Gasteiger partial charge in [-0.25, -0.2) is 0 Å². The molecule has 0 saturated carbocycles. The lowest BCUT2D eigenvalue weighted by atomic mass is 11.8. The Bertz CT molecular complexity index is 165. The number of hydrogen-bond donors (Lipinski definition) is 0. The number of hydrogen-bond acceptors (Lipinski definition) is 0. The van der Waals surface area contributed by atoms with Gasteiger partial charge in [-0.2, -0.15) is 0 Å². The molecular formula is C4H3N3Si. The highest BCUT2D eigenvalue weighted by Gasteiger charge is 2.71. The fraction of sp³-hybridized carbons (Fsp3) is 0.250. The second kappa shape index (κ2) is 2.11. The van der Waals surface area contributed by atoms with Crippen LogP contribution in [0.1, 0.15) is 0 Å². The molecule has 0 aliphatic heterocycles. The zero-order valence-electron chi connectivity index (χ0n) is 4.34. The standard InChI is InChI=1S/C4H3N3Si/c1-5-8(4,6-2)7-3/h4H3. The maximum absolute atomic E-state index is 6.42. The zero-order chi connectivity index (χ0) is 6.62. The summed E-state index contributed by atoms with van der Waals surface area (Å²) in [6, 6.07) is 0. The van der Waals surface area contributed by atoms with Crippen LogP contribution in [0.4, 0.5) is 0 Å². The van der Waals surface area contributed by atoms with Crippen LogP contribution in [0.15, 0.2) is 0 Å². The lowest BCUT2D eigenvalue weighted by Crippen LogP contribution is -2.13. The van der Waals surface area contributed by atoms with E-state index in [0.717, 1.165) is 0 Å². The quantitative estimate of drug-likeness (QED) is 0.338. The van der Waals surface area contributed by atoms with Gasteiger partial charge < -0.3 is 0 Å². The lowest BCUT2D eigenvalue weighted by molar-refractivity contribution is 1.92. The Balaban J connectivity index is 4.42. The smallest absolute Gasteiger partial charge is 0.267 e. The van der Waals surface area contributed by atoms with E-state index in [9.17, 15) is 0 Å². The fourth-order valence-corrected chi connectivity index (χ4v) is 0.225. The third-order valence-corrected chi connectivity index (χ3v) is 1.91. The maximum Gasteiger partial charge on any atom is 1.27 e. The first kappa shape index (κ1) is 6.69. The van der Waals surface area contributed by atoms with E-state index >= 15 is 0 Å². The van der Waals surface area contributed by atoms with Crippen LogP contribution in [0.3, 0.4) is 0 Å². The molecule has 0 aromatic rings. The average Bonchev–Trinajstić information content (AvgIpc) is 1.87. The molecule has 0 aromatic heterocycles. The monoisotopic (exact) mass is 121 g/mol. The van der Waals surface area contributed by atoms with Gasteiger partial charge in [-0.05, 0) is 0 Å². The van der Waals surface area contributed by atoms with E-state index in [4.69, 9.17) is 19.7 Å². The van der Waals surface area contributed by atoms with Crippen molar-refractivity contribution < 1.29 is 0 Å². The first-order valence-corrected chi connectivity index (χ1v) is 4.18. The van der Waals surface area contributed by atoms with Gasteiger partial charge in [-0.3, -0.25) is 33.2 Å². The van der Waals surface area contributed by atoms with Crippen LogP contribution in [0.2, 0.25) is 6.55 Å². The third kappa shape index (κ3) is 1.08. The van der Waals surface area contributed by atoms with Gasteiger partial charge in [0.25, 0.3) is 0 Å². The highest BCUT2D eigenvalue weighted by molar-refractivity contribution is 6.87. The van der Waals surface area contributed by atoms with Crippen molar-refractivity contribution in [3.8, 4) is 0 Å². The summed E-state index contributed by atoms with van der Waals surface area (Å²) < 4.78 is 8.81. The van der Waals surface area contributed by atoms with Crippen molar-refractivity contribution in [2.75, 3.05) is 0 Å². The Morgan fingerprint density at radius 3 is 1.25 bits per heavy atom. The molecule has 0 aliphatic carbocycles. The van der Waals surface area contributed by atoms with Crippen molar-refractivity contribution in [2.24, 2.45) is 0 Å². The third-order valence-electron chi connectivity index (χ3n) is 0.635. The summed E-state index contributed by atoms with van der Waals surface area (Å²) in [5, 5.41) is 0. The Morgan fingerprint density at radius 1 is 1.00 bits per heavy atom. The van der Waals surface area contributed by atoms with Crippen molar-refractivity contribution in [1.29, 1.82) is 0 Å². The van der Waals surface area contributed by atoms with Crippen molar-refractivity contribution in [3.05, 3.63) is 33.2 Å². The van der Waals surface area contributed by atoms with Gasteiger partial charge in [0.05, 0.1) is 0 Å². The summed E-state index contributed by atoms with van der Waals surface area (Å²) in [6.45, 7) is 20.7.